The van der Waals surface area contributed by atoms with Crippen molar-refractivity contribution in [2.24, 2.45) is 0 Å². The van der Waals surface area contributed by atoms with E-state index in [1.54, 1.807) is 24.7 Å². The summed E-state index contributed by atoms with van der Waals surface area (Å²) in [6.07, 6.45) is 8.94. The molecule has 0 aliphatic carbocycles. The lowest BCUT2D eigenvalue weighted by Gasteiger charge is -2.04. The highest BCUT2D eigenvalue weighted by atomic mass is 15.2. The molecule has 0 aliphatic rings. The lowest BCUT2D eigenvalue weighted by Crippen LogP contribution is -2.04. The average Bonchev–Trinajstić information content (AvgIpc) is 2.84. The second-order valence-corrected chi connectivity index (χ2v) is 2.75. The van der Waals surface area contributed by atoms with Crippen molar-refractivity contribution >= 4 is 5.95 Å². The molecule has 2 aromatic heterocycles. The number of rotatable bonds is 4. The monoisotopic (exact) mass is 189 g/mol. The molecule has 5 heteroatoms. The van der Waals surface area contributed by atoms with Crippen LogP contribution in [0.15, 0.2) is 37.4 Å². The normalized spacial score (nSPS) is 10.0. The summed E-state index contributed by atoms with van der Waals surface area (Å²) in [5.74, 6) is 0.784. The van der Waals surface area contributed by atoms with Crippen molar-refractivity contribution in [3.8, 4) is 5.69 Å². The molecule has 0 fully saturated rings. The lowest BCUT2D eigenvalue weighted by atomic mass is 10.5. The van der Waals surface area contributed by atoms with Gasteiger partial charge in [0.2, 0.25) is 5.95 Å². The number of anilines is 1. The highest BCUT2D eigenvalue weighted by molar-refractivity contribution is 5.39. The zero-order valence-electron chi connectivity index (χ0n) is 7.64. The van der Waals surface area contributed by atoms with Gasteiger partial charge in [0.15, 0.2) is 0 Å². The molecule has 2 N–H and O–H groups in total. The first kappa shape index (κ1) is 8.55. The van der Waals surface area contributed by atoms with Gasteiger partial charge in [0.05, 0.1) is 11.9 Å². The van der Waals surface area contributed by atoms with E-state index in [0.29, 0.717) is 6.54 Å². The summed E-state index contributed by atoms with van der Waals surface area (Å²) in [4.78, 5) is 4.17. The van der Waals surface area contributed by atoms with Crippen LogP contribution in [-0.4, -0.2) is 26.3 Å². The SMILES string of the molecule is C=CCNc1nccn1-c1cn[nH]c1. The van der Waals surface area contributed by atoms with E-state index in [1.807, 2.05) is 10.8 Å². The number of nitrogens with one attached hydrogen (secondary N) is 2. The highest BCUT2D eigenvalue weighted by Crippen LogP contribution is 2.11. The number of nitrogens with zero attached hydrogens (tertiary/aromatic N) is 3. The van der Waals surface area contributed by atoms with E-state index in [9.17, 15) is 0 Å². The smallest absolute Gasteiger partial charge is 0.207 e. The first-order chi connectivity index (χ1) is 6.92. The molecule has 0 amide bonds. The number of hydrogen-bond donors (Lipinski definition) is 2. The Morgan fingerprint density at radius 3 is 3.29 bits per heavy atom. The molecule has 72 valence electrons. The minimum absolute atomic E-state index is 0.689. The summed E-state index contributed by atoms with van der Waals surface area (Å²) in [6.45, 7) is 4.32. The molecule has 0 saturated carbocycles. The second-order valence-electron chi connectivity index (χ2n) is 2.75. The van der Waals surface area contributed by atoms with Gasteiger partial charge in [0, 0.05) is 25.1 Å². The summed E-state index contributed by atoms with van der Waals surface area (Å²) in [5.41, 5.74) is 0.953. The Morgan fingerprint density at radius 1 is 1.64 bits per heavy atom. The van der Waals surface area contributed by atoms with E-state index in [-0.39, 0.29) is 0 Å². The van der Waals surface area contributed by atoms with Gasteiger partial charge in [-0.3, -0.25) is 9.67 Å². The topological polar surface area (TPSA) is 58.5 Å². The van der Waals surface area contributed by atoms with Crippen molar-refractivity contribution in [1.82, 2.24) is 19.7 Å². The summed E-state index contributed by atoms with van der Waals surface area (Å²) in [5, 5.41) is 9.76. The van der Waals surface area contributed by atoms with E-state index in [1.165, 1.54) is 0 Å². The van der Waals surface area contributed by atoms with Gasteiger partial charge in [-0.05, 0) is 0 Å². The molecule has 0 saturated heterocycles. The molecule has 2 rings (SSSR count). The molecule has 0 spiro atoms. The van der Waals surface area contributed by atoms with Crippen LogP contribution in [0.25, 0.3) is 5.69 Å². The Morgan fingerprint density at radius 2 is 2.57 bits per heavy atom. The van der Waals surface area contributed by atoms with E-state index in [2.05, 4.69) is 27.1 Å². The quantitative estimate of drug-likeness (QED) is 0.710. The molecular weight excluding hydrogens is 178 g/mol. The summed E-state index contributed by atoms with van der Waals surface area (Å²) < 4.78 is 1.91. The fraction of sp³-hybridized carbons (Fsp3) is 0.111. The number of H-pyrrole nitrogens is 1. The summed E-state index contributed by atoms with van der Waals surface area (Å²) in [6, 6.07) is 0. The molecule has 0 bridgehead atoms. The van der Waals surface area contributed by atoms with Crippen LogP contribution in [0, 0.1) is 0 Å². The van der Waals surface area contributed by atoms with Gasteiger partial charge in [0.25, 0.3) is 0 Å². The van der Waals surface area contributed by atoms with Gasteiger partial charge in [-0.1, -0.05) is 6.08 Å². The fourth-order valence-electron chi connectivity index (χ4n) is 1.18. The van der Waals surface area contributed by atoms with Crippen LogP contribution in [0.2, 0.25) is 0 Å². The van der Waals surface area contributed by atoms with Crippen LogP contribution in [0.3, 0.4) is 0 Å². The average molecular weight is 189 g/mol. The molecule has 2 aromatic rings. The first-order valence-corrected chi connectivity index (χ1v) is 4.29. The molecule has 0 unspecified atom stereocenters. The number of aromatic nitrogens is 4. The van der Waals surface area contributed by atoms with Gasteiger partial charge in [0.1, 0.15) is 0 Å². The molecular formula is C9H11N5. The molecule has 5 nitrogen and oxygen atoms in total. The Labute approximate surface area is 81.5 Å². The number of imidazole rings is 1. The largest absolute Gasteiger partial charge is 0.352 e. The minimum Gasteiger partial charge on any atom is -0.352 e. The Balaban J connectivity index is 2.26. The maximum Gasteiger partial charge on any atom is 0.207 e. The van der Waals surface area contributed by atoms with Crippen molar-refractivity contribution in [2.45, 2.75) is 0 Å². The molecule has 0 aliphatic heterocycles. The van der Waals surface area contributed by atoms with Crippen LogP contribution < -0.4 is 5.32 Å². The number of hydrogen-bond acceptors (Lipinski definition) is 3. The Bertz CT molecular complexity index is 401. The number of aromatic amines is 1. The van der Waals surface area contributed by atoms with Crippen LogP contribution in [0.5, 0.6) is 0 Å². The highest BCUT2D eigenvalue weighted by Gasteiger charge is 2.03. The van der Waals surface area contributed by atoms with Crippen LogP contribution in [-0.2, 0) is 0 Å². The molecule has 14 heavy (non-hydrogen) atoms. The molecule has 0 atom stereocenters. The fourth-order valence-corrected chi connectivity index (χ4v) is 1.18. The van der Waals surface area contributed by atoms with Crippen LogP contribution in [0.4, 0.5) is 5.95 Å². The van der Waals surface area contributed by atoms with Gasteiger partial charge in [-0.15, -0.1) is 6.58 Å². The maximum atomic E-state index is 4.17. The van der Waals surface area contributed by atoms with Gasteiger partial charge in [-0.25, -0.2) is 4.98 Å². The van der Waals surface area contributed by atoms with Gasteiger partial charge in [-0.2, -0.15) is 5.10 Å². The van der Waals surface area contributed by atoms with Crippen LogP contribution >= 0.6 is 0 Å². The first-order valence-electron chi connectivity index (χ1n) is 4.29. The van der Waals surface area contributed by atoms with Crippen molar-refractivity contribution in [3.05, 3.63) is 37.4 Å². The summed E-state index contributed by atoms with van der Waals surface area (Å²) >= 11 is 0. The Kier molecular flexibility index (Phi) is 2.31. The zero-order valence-corrected chi connectivity index (χ0v) is 7.64. The van der Waals surface area contributed by atoms with E-state index in [4.69, 9.17) is 0 Å². The zero-order chi connectivity index (χ0) is 9.80. The maximum absolute atomic E-state index is 4.17. The van der Waals surface area contributed by atoms with Crippen molar-refractivity contribution in [1.29, 1.82) is 0 Å². The van der Waals surface area contributed by atoms with Crippen molar-refractivity contribution in [2.75, 3.05) is 11.9 Å². The molecule has 2 heterocycles. The third-order valence-corrected chi connectivity index (χ3v) is 1.81. The predicted octanol–water partition coefficient (Wildman–Crippen LogP) is 1.19. The standard InChI is InChI=1S/C9H11N5/c1-2-3-10-9-11-4-5-14(9)8-6-12-13-7-8/h2,4-7H,1,3H2,(H,10,11)(H,12,13). The summed E-state index contributed by atoms with van der Waals surface area (Å²) in [7, 11) is 0. The molecule has 0 aromatic carbocycles. The van der Waals surface area contributed by atoms with Crippen molar-refractivity contribution < 1.29 is 0 Å². The lowest BCUT2D eigenvalue weighted by molar-refractivity contribution is 1.04. The van der Waals surface area contributed by atoms with Gasteiger partial charge < -0.3 is 5.32 Å². The van der Waals surface area contributed by atoms with E-state index < -0.39 is 0 Å². The third-order valence-electron chi connectivity index (χ3n) is 1.81. The second kappa shape index (κ2) is 3.78. The van der Waals surface area contributed by atoms with Gasteiger partial charge >= 0.3 is 0 Å². The Hall–Kier alpha value is -2.04. The van der Waals surface area contributed by atoms with E-state index in [0.717, 1.165) is 11.6 Å². The third kappa shape index (κ3) is 1.52. The molecule has 0 radical (unpaired) electrons. The van der Waals surface area contributed by atoms with Crippen LogP contribution in [0.1, 0.15) is 0 Å². The minimum atomic E-state index is 0.689. The predicted molar refractivity (Wildman–Crippen MR) is 54.4 cm³/mol. The van der Waals surface area contributed by atoms with E-state index >= 15 is 0 Å². The van der Waals surface area contributed by atoms with Crippen molar-refractivity contribution in [3.63, 3.8) is 0 Å².